The molecular weight excluding hydrogens is 232 g/mol. The number of halogens is 2. The SMILES string of the molecule is COCc1cc(F)c(F)c(C(CN)C(=O)O)c1. The zero-order valence-electron chi connectivity index (χ0n) is 9.24. The molecule has 0 aliphatic heterocycles. The number of ether oxygens (including phenoxy) is 1. The highest BCUT2D eigenvalue weighted by Gasteiger charge is 2.24. The average molecular weight is 245 g/mol. The van der Waals surface area contributed by atoms with Gasteiger partial charge in [0, 0.05) is 19.2 Å². The molecule has 94 valence electrons. The lowest BCUT2D eigenvalue weighted by Crippen LogP contribution is -2.23. The van der Waals surface area contributed by atoms with Gasteiger partial charge in [-0.25, -0.2) is 8.78 Å². The van der Waals surface area contributed by atoms with E-state index in [4.69, 9.17) is 15.6 Å². The summed E-state index contributed by atoms with van der Waals surface area (Å²) in [5, 5.41) is 8.86. The van der Waals surface area contributed by atoms with Crippen molar-refractivity contribution in [2.45, 2.75) is 12.5 Å². The third kappa shape index (κ3) is 2.98. The summed E-state index contributed by atoms with van der Waals surface area (Å²) in [5.74, 6) is -4.83. The molecule has 0 saturated carbocycles. The normalized spacial score (nSPS) is 12.5. The van der Waals surface area contributed by atoms with Gasteiger partial charge in [0.1, 0.15) is 0 Å². The Labute approximate surface area is 97.0 Å². The van der Waals surface area contributed by atoms with Gasteiger partial charge in [-0.3, -0.25) is 4.79 Å². The first-order valence-corrected chi connectivity index (χ1v) is 4.90. The molecule has 0 heterocycles. The molecule has 0 spiro atoms. The van der Waals surface area contributed by atoms with E-state index in [2.05, 4.69) is 0 Å². The third-order valence-corrected chi connectivity index (χ3v) is 2.34. The Morgan fingerprint density at radius 1 is 1.53 bits per heavy atom. The summed E-state index contributed by atoms with van der Waals surface area (Å²) in [4.78, 5) is 10.9. The molecule has 1 atom stereocenters. The van der Waals surface area contributed by atoms with Gasteiger partial charge >= 0.3 is 5.97 Å². The standard InChI is InChI=1S/C11H13F2NO3/c1-17-5-6-2-7(8(4-14)11(15)16)10(13)9(12)3-6/h2-3,8H,4-5,14H2,1H3,(H,15,16). The number of carbonyl (C=O) groups is 1. The van der Waals surface area contributed by atoms with Crippen LogP contribution in [0.15, 0.2) is 12.1 Å². The molecule has 1 aromatic rings. The molecule has 0 amide bonds. The zero-order valence-corrected chi connectivity index (χ0v) is 9.24. The van der Waals surface area contributed by atoms with Crippen molar-refractivity contribution in [3.8, 4) is 0 Å². The highest BCUT2D eigenvalue weighted by atomic mass is 19.2. The van der Waals surface area contributed by atoms with Gasteiger partial charge in [0.2, 0.25) is 0 Å². The summed E-state index contributed by atoms with van der Waals surface area (Å²) in [5.41, 5.74) is 5.35. The Kier molecular flexibility index (Phi) is 4.53. The van der Waals surface area contributed by atoms with Gasteiger partial charge in [0.25, 0.3) is 0 Å². The number of hydrogen-bond acceptors (Lipinski definition) is 3. The Bertz CT molecular complexity index is 423. The first-order chi connectivity index (χ1) is 8.01. The summed E-state index contributed by atoms with van der Waals surface area (Å²) in [6, 6.07) is 2.23. The summed E-state index contributed by atoms with van der Waals surface area (Å²) in [7, 11) is 1.40. The van der Waals surface area contributed by atoms with Crippen molar-refractivity contribution in [2.75, 3.05) is 13.7 Å². The fourth-order valence-corrected chi connectivity index (χ4v) is 1.53. The van der Waals surface area contributed by atoms with Crippen LogP contribution in [0, 0.1) is 11.6 Å². The highest BCUT2D eigenvalue weighted by Crippen LogP contribution is 2.23. The summed E-state index contributed by atoms with van der Waals surface area (Å²) >= 11 is 0. The minimum Gasteiger partial charge on any atom is -0.481 e. The molecule has 1 unspecified atom stereocenters. The van der Waals surface area contributed by atoms with Crippen LogP contribution in [0.5, 0.6) is 0 Å². The van der Waals surface area contributed by atoms with E-state index in [0.29, 0.717) is 5.56 Å². The molecule has 0 bridgehead atoms. The molecule has 0 fully saturated rings. The number of aliphatic carboxylic acids is 1. The van der Waals surface area contributed by atoms with Crippen LogP contribution in [0.4, 0.5) is 8.78 Å². The zero-order chi connectivity index (χ0) is 13.0. The van der Waals surface area contributed by atoms with E-state index in [9.17, 15) is 13.6 Å². The molecule has 17 heavy (non-hydrogen) atoms. The predicted molar refractivity (Wildman–Crippen MR) is 56.5 cm³/mol. The van der Waals surface area contributed by atoms with Gasteiger partial charge in [-0.2, -0.15) is 0 Å². The van der Waals surface area contributed by atoms with Crippen LogP contribution in [-0.4, -0.2) is 24.7 Å². The molecule has 4 nitrogen and oxygen atoms in total. The number of benzene rings is 1. The first-order valence-electron chi connectivity index (χ1n) is 4.90. The maximum Gasteiger partial charge on any atom is 0.312 e. The average Bonchev–Trinajstić information content (AvgIpc) is 2.25. The van der Waals surface area contributed by atoms with Crippen LogP contribution in [0.2, 0.25) is 0 Å². The quantitative estimate of drug-likeness (QED) is 0.818. The van der Waals surface area contributed by atoms with Crippen molar-refractivity contribution in [3.05, 3.63) is 34.9 Å². The van der Waals surface area contributed by atoms with E-state index in [-0.39, 0.29) is 18.7 Å². The molecule has 0 radical (unpaired) electrons. The minimum atomic E-state index is -1.29. The summed E-state index contributed by atoms with van der Waals surface area (Å²) < 4.78 is 31.5. The Morgan fingerprint density at radius 2 is 2.18 bits per heavy atom. The van der Waals surface area contributed by atoms with Crippen molar-refractivity contribution in [1.82, 2.24) is 0 Å². The van der Waals surface area contributed by atoms with E-state index in [1.165, 1.54) is 13.2 Å². The Balaban J connectivity index is 3.25. The molecule has 0 aromatic heterocycles. The second-order valence-corrected chi connectivity index (χ2v) is 3.54. The fraction of sp³-hybridized carbons (Fsp3) is 0.364. The fourth-order valence-electron chi connectivity index (χ4n) is 1.53. The maximum absolute atomic E-state index is 13.5. The van der Waals surface area contributed by atoms with Gasteiger partial charge in [-0.1, -0.05) is 0 Å². The maximum atomic E-state index is 13.5. The van der Waals surface area contributed by atoms with E-state index in [0.717, 1.165) is 6.07 Å². The molecule has 1 rings (SSSR count). The van der Waals surface area contributed by atoms with Crippen molar-refractivity contribution in [2.24, 2.45) is 5.73 Å². The van der Waals surface area contributed by atoms with Crippen LogP contribution in [0.1, 0.15) is 17.0 Å². The minimum absolute atomic E-state index is 0.0705. The van der Waals surface area contributed by atoms with E-state index < -0.39 is 23.5 Å². The van der Waals surface area contributed by atoms with Crippen molar-refractivity contribution in [1.29, 1.82) is 0 Å². The van der Waals surface area contributed by atoms with Gasteiger partial charge in [0.05, 0.1) is 12.5 Å². The van der Waals surface area contributed by atoms with Crippen LogP contribution in [0.25, 0.3) is 0 Å². The number of carboxylic acid groups (broad SMARTS) is 1. The smallest absolute Gasteiger partial charge is 0.312 e. The van der Waals surface area contributed by atoms with E-state index in [1.807, 2.05) is 0 Å². The largest absolute Gasteiger partial charge is 0.481 e. The number of carboxylic acids is 1. The molecule has 6 heteroatoms. The van der Waals surface area contributed by atoms with E-state index >= 15 is 0 Å². The molecular formula is C11H13F2NO3. The molecule has 1 aromatic carbocycles. The molecule has 0 aliphatic rings. The van der Waals surface area contributed by atoms with Gasteiger partial charge < -0.3 is 15.6 Å². The van der Waals surface area contributed by atoms with Gasteiger partial charge in [0.15, 0.2) is 11.6 Å². The number of nitrogens with two attached hydrogens (primary N) is 1. The van der Waals surface area contributed by atoms with E-state index in [1.54, 1.807) is 0 Å². The molecule has 3 N–H and O–H groups in total. The number of rotatable bonds is 5. The van der Waals surface area contributed by atoms with Crippen molar-refractivity contribution in [3.63, 3.8) is 0 Å². The second kappa shape index (κ2) is 5.70. The van der Waals surface area contributed by atoms with Crippen LogP contribution < -0.4 is 5.73 Å². The summed E-state index contributed by atoms with van der Waals surface area (Å²) in [6.45, 7) is -0.233. The summed E-state index contributed by atoms with van der Waals surface area (Å²) in [6.07, 6.45) is 0. The lowest BCUT2D eigenvalue weighted by Gasteiger charge is -2.13. The lowest BCUT2D eigenvalue weighted by molar-refractivity contribution is -0.138. The monoisotopic (exact) mass is 245 g/mol. The second-order valence-electron chi connectivity index (χ2n) is 3.54. The number of hydrogen-bond donors (Lipinski definition) is 2. The first kappa shape index (κ1) is 13.5. The van der Waals surface area contributed by atoms with Crippen LogP contribution >= 0.6 is 0 Å². The highest BCUT2D eigenvalue weighted by molar-refractivity contribution is 5.76. The molecule has 0 aliphatic carbocycles. The predicted octanol–water partition coefficient (Wildman–Crippen LogP) is 1.24. The topological polar surface area (TPSA) is 72.5 Å². The van der Waals surface area contributed by atoms with Gasteiger partial charge in [-0.15, -0.1) is 0 Å². The van der Waals surface area contributed by atoms with Crippen LogP contribution in [0.3, 0.4) is 0 Å². The Morgan fingerprint density at radius 3 is 2.65 bits per heavy atom. The Hall–Kier alpha value is -1.53. The number of methoxy groups -OCH3 is 1. The molecule has 0 saturated heterocycles. The van der Waals surface area contributed by atoms with Crippen molar-refractivity contribution < 1.29 is 23.4 Å². The third-order valence-electron chi connectivity index (χ3n) is 2.34. The lowest BCUT2D eigenvalue weighted by atomic mass is 9.96. The van der Waals surface area contributed by atoms with Gasteiger partial charge in [-0.05, 0) is 17.7 Å². The van der Waals surface area contributed by atoms with Crippen LogP contribution in [-0.2, 0) is 16.1 Å². The van der Waals surface area contributed by atoms with Crippen molar-refractivity contribution >= 4 is 5.97 Å².